The van der Waals surface area contributed by atoms with Crippen LogP contribution < -0.4 is 10.6 Å². The van der Waals surface area contributed by atoms with Crippen LogP contribution in [0.5, 0.6) is 0 Å². The number of aromatic nitrogens is 2. The van der Waals surface area contributed by atoms with E-state index in [0.717, 1.165) is 43.7 Å². The SMILES string of the molecule is CN1CCN(CCCNC(=O)C(=O)Nc2ccc3c(c2)nc(C(F)(F)F)n3C)CC1. The molecule has 1 aliphatic heterocycles. The van der Waals surface area contributed by atoms with Crippen LogP contribution in [0.3, 0.4) is 0 Å². The van der Waals surface area contributed by atoms with Crippen molar-refractivity contribution in [3.8, 4) is 0 Å². The van der Waals surface area contributed by atoms with Crippen LogP contribution in [0, 0.1) is 0 Å². The number of fused-ring (bicyclic) bond motifs is 1. The Labute approximate surface area is 172 Å². The van der Waals surface area contributed by atoms with Gasteiger partial charge in [-0.2, -0.15) is 13.2 Å². The number of benzene rings is 1. The highest BCUT2D eigenvalue weighted by Gasteiger charge is 2.36. The molecule has 0 atom stereocenters. The van der Waals surface area contributed by atoms with Gasteiger partial charge in [0.25, 0.3) is 0 Å². The lowest BCUT2D eigenvalue weighted by Gasteiger charge is -2.32. The molecule has 1 aromatic heterocycles. The standard InChI is InChI=1S/C19H25F3N6O2/c1-26-8-10-28(11-9-26)7-3-6-23-16(29)17(30)24-13-4-5-15-14(12-13)25-18(27(15)2)19(20,21)22/h4-5,12H,3,6-11H2,1-2H3,(H,23,29)(H,24,30). The molecule has 11 heteroatoms. The molecule has 164 valence electrons. The topological polar surface area (TPSA) is 82.5 Å². The summed E-state index contributed by atoms with van der Waals surface area (Å²) in [6, 6.07) is 4.16. The van der Waals surface area contributed by atoms with Gasteiger partial charge in [0, 0.05) is 45.5 Å². The first-order valence-electron chi connectivity index (χ1n) is 9.69. The molecule has 3 rings (SSSR count). The molecule has 0 aliphatic carbocycles. The molecule has 2 amide bonds. The number of carbonyl (C=O) groups excluding carboxylic acids is 2. The highest BCUT2D eigenvalue weighted by atomic mass is 19.4. The number of rotatable bonds is 5. The van der Waals surface area contributed by atoms with Crippen molar-refractivity contribution < 1.29 is 22.8 Å². The molecule has 2 N–H and O–H groups in total. The Morgan fingerprint density at radius 2 is 1.80 bits per heavy atom. The van der Waals surface area contributed by atoms with Gasteiger partial charge in [0.05, 0.1) is 11.0 Å². The van der Waals surface area contributed by atoms with Gasteiger partial charge in [-0.25, -0.2) is 4.98 Å². The van der Waals surface area contributed by atoms with Crippen molar-refractivity contribution in [2.75, 3.05) is 51.6 Å². The fraction of sp³-hybridized carbons (Fsp3) is 0.526. The second-order valence-electron chi connectivity index (χ2n) is 7.40. The first-order chi connectivity index (χ1) is 14.1. The number of anilines is 1. The van der Waals surface area contributed by atoms with Crippen molar-refractivity contribution in [2.24, 2.45) is 7.05 Å². The fourth-order valence-corrected chi connectivity index (χ4v) is 3.38. The van der Waals surface area contributed by atoms with E-state index < -0.39 is 23.8 Å². The summed E-state index contributed by atoms with van der Waals surface area (Å²) in [5, 5.41) is 4.96. The third-order valence-corrected chi connectivity index (χ3v) is 5.13. The Hall–Kier alpha value is -2.66. The lowest BCUT2D eigenvalue weighted by molar-refractivity contribution is -0.146. The summed E-state index contributed by atoms with van der Waals surface area (Å²) < 4.78 is 39.9. The second-order valence-corrected chi connectivity index (χ2v) is 7.40. The number of likely N-dealkylation sites (N-methyl/N-ethyl adjacent to an activating group) is 1. The minimum absolute atomic E-state index is 0.0789. The fourth-order valence-electron chi connectivity index (χ4n) is 3.38. The summed E-state index contributed by atoms with van der Waals surface area (Å²) in [6.07, 6.45) is -3.86. The van der Waals surface area contributed by atoms with E-state index in [1.54, 1.807) is 0 Å². The van der Waals surface area contributed by atoms with Crippen LogP contribution >= 0.6 is 0 Å². The predicted octanol–water partition coefficient (Wildman–Crippen LogP) is 1.28. The largest absolute Gasteiger partial charge is 0.449 e. The number of alkyl halides is 3. The van der Waals surface area contributed by atoms with Gasteiger partial charge in [0.1, 0.15) is 0 Å². The number of carbonyl (C=O) groups is 2. The van der Waals surface area contributed by atoms with Crippen molar-refractivity contribution in [3.63, 3.8) is 0 Å². The van der Waals surface area contributed by atoms with Crippen LogP contribution in [0.25, 0.3) is 11.0 Å². The molecule has 0 saturated carbocycles. The summed E-state index contributed by atoms with van der Waals surface area (Å²) in [5.74, 6) is -2.69. The van der Waals surface area contributed by atoms with Crippen molar-refractivity contribution in [1.29, 1.82) is 0 Å². The Balaban J connectivity index is 1.50. The monoisotopic (exact) mass is 426 g/mol. The summed E-state index contributed by atoms with van der Waals surface area (Å²) in [6.45, 7) is 5.20. The Kier molecular flexibility index (Phi) is 6.61. The van der Waals surface area contributed by atoms with Crippen LogP contribution in [0.1, 0.15) is 12.2 Å². The summed E-state index contributed by atoms with van der Waals surface area (Å²) in [7, 11) is 3.35. The molecular formula is C19H25F3N6O2. The Bertz CT molecular complexity index is 919. The Morgan fingerprint density at radius 1 is 1.10 bits per heavy atom. The number of halogens is 3. The van der Waals surface area contributed by atoms with Crippen LogP contribution in [0.2, 0.25) is 0 Å². The molecule has 2 aromatic rings. The van der Waals surface area contributed by atoms with E-state index >= 15 is 0 Å². The molecular weight excluding hydrogens is 401 g/mol. The van der Waals surface area contributed by atoms with Gasteiger partial charge in [0.2, 0.25) is 5.82 Å². The molecule has 1 fully saturated rings. The number of imidazole rings is 1. The van der Waals surface area contributed by atoms with Crippen LogP contribution in [0.15, 0.2) is 18.2 Å². The Morgan fingerprint density at radius 3 is 2.47 bits per heavy atom. The number of aryl methyl sites for hydroxylation is 1. The van der Waals surface area contributed by atoms with E-state index in [4.69, 9.17) is 0 Å². The van der Waals surface area contributed by atoms with E-state index in [1.165, 1.54) is 25.2 Å². The van der Waals surface area contributed by atoms with E-state index in [1.807, 2.05) is 0 Å². The molecule has 1 aromatic carbocycles. The average Bonchev–Trinajstić information content (AvgIpc) is 3.03. The molecule has 0 bridgehead atoms. The molecule has 30 heavy (non-hydrogen) atoms. The molecule has 8 nitrogen and oxygen atoms in total. The minimum Gasteiger partial charge on any atom is -0.348 e. The van der Waals surface area contributed by atoms with Crippen molar-refractivity contribution in [1.82, 2.24) is 24.7 Å². The first-order valence-corrected chi connectivity index (χ1v) is 9.69. The van der Waals surface area contributed by atoms with Crippen molar-refractivity contribution in [3.05, 3.63) is 24.0 Å². The lowest BCUT2D eigenvalue weighted by atomic mass is 10.2. The van der Waals surface area contributed by atoms with Gasteiger partial charge in [-0.3, -0.25) is 9.59 Å². The normalized spacial score (nSPS) is 16.0. The molecule has 0 radical (unpaired) electrons. The minimum atomic E-state index is -4.58. The zero-order valence-electron chi connectivity index (χ0n) is 16.9. The number of hydrogen-bond donors (Lipinski definition) is 2. The van der Waals surface area contributed by atoms with Crippen LogP contribution in [0.4, 0.5) is 18.9 Å². The summed E-state index contributed by atoms with van der Waals surface area (Å²) >= 11 is 0. The zero-order chi connectivity index (χ0) is 21.9. The van der Waals surface area contributed by atoms with Crippen LogP contribution in [-0.2, 0) is 22.8 Å². The molecule has 0 unspecified atom stereocenters. The maximum atomic E-state index is 13.0. The van der Waals surface area contributed by atoms with E-state index in [2.05, 4.69) is 32.5 Å². The van der Waals surface area contributed by atoms with Crippen molar-refractivity contribution >= 4 is 28.5 Å². The molecule has 0 spiro atoms. The summed E-state index contributed by atoms with van der Waals surface area (Å²) in [5.41, 5.74) is 0.552. The molecule has 2 heterocycles. The zero-order valence-corrected chi connectivity index (χ0v) is 16.9. The number of hydrogen-bond acceptors (Lipinski definition) is 5. The summed E-state index contributed by atoms with van der Waals surface area (Å²) in [4.78, 5) is 32.2. The maximum Gasteiger partial charge on any atom is 0.449 e. The number of piperazine rings is 1. The van der Waals surface area contributed by atoms with Gasteiger partial charge in [0.15, 0.2) is 0 Å². The quantitative estimate of drug-likeness (QED) is 0.556. The van der Waals surface area contributed by atoms with Crippen molar-refractivity contribution in [2.45, 2.75) is 12.6 Å². The first kappa shape index (κ1) is 22.0. The highest BCUT2D eigenvalue weighted by Crippen LogP contribution is 2.31. The van der Waals surface area contributed by atoms with Gasteiger partial charge < -0.3 is 25.0 Å². The van der Waals surface area contributed by atoms with E-state index in [0.29, 0.717) is 6.54 Å². The lowest BCUT2D eigenvalue weighted by Crippen LogP contribution is -2.45. The third kappa shape index (κ3) is 5.28. The van der Waals surface area contributed by atoms with Crippen LogP contribution in [-0.4, -0.2) is 77.5 Å². The predicted molar refractivity (Wildman–Crippen MR) is 106 cm³/mol. The van der Waals surface area contributed by atoms with E-state index in [-0.39, 0.29) is 16.7 Å². The molecule has 1 saturated heterocycles. The van der Waals surface area contributed by atoms with Gasteiger partial charge in [-0.15, -0.1) is 0 Å². The molecule has 1 aliphatic rings. The highest BCUT2D eigenvalue weighted by molar-refractivity contribution is 6.39. The third-order valence-electron chi connectivity index (χ3n) is 5.13. The second kappa shape index (κ2) is 9.00. The average molecular weight is 426 g/mol. The number of amides is 2. The van der Waals surface area contributed by atoms with Gasteiger partial charge >= 0.3 is 18.0 Å². The van der Waals surface area contributed by atoms with Gasteiger partial charge in [-0.1, -0.05) is 0 Å². The van der Waals surface area contributed by atoms with E-state index in [9.17, 15) is 22.8 Å². The van der Waals surface area contributed by atoms with Gasteiger partial charge in [-0.05, 0) is 38.2 Å². The maximum absolute atomic E-state index is 13.0. The number of nitrogens with zero attached hydrogens (tertiary/aromatic N) is 4. The number of nitrogens with one attached hydrogen (secondary N) is 2. The smallest absolute Gasteiger partial charge is 0.348 e.